The number of ether oxygens (including phenoxy) is 1. The summed E-state index contributed by atoms with van der Waals surface area (Å²) in [5.41, 5.74) is 9.21. The topological polar surface area (TPSA) is 91.2 Å². The minimum atomic E-state index is -4.70. The van der Waals surface area contributed by atoms with Gasteiger partial charge >= 0.3 is 12.1 Å². The molecule has 0 saturated heterocycles. The van der Waals surface area contributed by atoms with E-state index >= 15 is 0 Å². The summed E-state index contributed by atoms with van der Waals surface area (Å²) < 4.78 is 43.2. The molecule has 0 aliphatic carbocycles. The summed E-state index contributed by atoms with van der Waals surface area (Å²) in [5.74, 6) is -0.911. The summed E-state index contributed by atoms with van der Waals surface area (Å²) in [4.78, 5) is 15.7. The summed E-state index contributed by atoms with van der Waals surface area (Å²) in [5, 5.41) is -1.07. The number of pyridine rings is 1. The lowest BCUT2D eigenvalue weighted by atomic mass is 10.0. The number of aromatic nitrogens is 1. The van der Waals surface area contributed by atoms with Crippen molar-refractivity contribution < 1.29 is 22.7 Å². The lowest BCUT2D eigenvalue weighted by Gasteiger charge is -2.15. The first-order chi connectivity index (χ1) is 11.5. The van der Waals surface area contributed by atoms with Crippen LogP contribution in [0, 0.1) is 0 Å². The van der Waals surface area contributed by atoms with Crippen molar-refractivity contribution in [3.63, 3.8) is 0 Å². The molecule has 0 atom stereocenters. The zero-order chi connectivity index (χ0) is 19.1. The predicted octanol–water partition coefficient (Wildman–Crippen LogP) is 4.68. The van der Waals surface area contributed by atoms with Crippen molar-refractivity contribution in [1.29, 1.82) is 0 Å². The smallest absolute Gasteiger partial charge is 0.417 e. The van der Waals surface area contributed by atoms with Gasteiger partial charge in [0.15, 0.2) is 5.69 Å². The van der Waals surface area contributed by atoms with Crippen molar-refractivity contribution in [3.05, 3.63) is 38.5 Å². The number of nitrogen functional groups attached to an aromatic ring is 2. The van der Waals surface area contributed by atoms with Gasteiger partial charge in [0.2, 0.25) is 0 Å². The first-order valence-electron chi connectivity index (χ1n) is 6.38. The van der Waals surface area contributed by atoms with Crippen LogP contribution in [0.3, 0.4) is 0 Å². The van der Waals surface area contributed by atoms with Crippen molar-refractivity contribution in [3.8, 4) is 11.3 Å². The summed E-state index contributed by atoms with van der Waals surface area (Å²) in [6, 6.07) is 1.57. The molecule has 0 bridgehead atoms. The number of halogens is 6. The van der Waals surface area contributed by atoms with Gasteiger partial charge in [-0.3, -0.25) is 0 Å². The van der Waals surface area contributed by atoms with E-state index in [1.807, 2.05) is 0 Å². The van der Waals surface area contributed by atoms with Gasteiger partial charge in [-0.25, -0.2) is 9.78 Å². The molecular formula is C14H9Cl3F3N3O2. The van der Waals surface area contributed by atoms with E-state index in [4.69, 9.17) is 46.3 Å². The van der Waals surface area contributed by atoms with E-state index in [1.165, 1.54) is 0 Å². The Labute approximate surface area is 154 Å². The molecule has 134 valence electrons. The van der Waals surface area contributed by atoms with E-state index in [0.29, 0.717) is 6.07 Å². The van der Waals surface area contributed by atoms with Gasteiger partial charge in [-0.15, -0.1) is 0 Å². The summed E-state index contributed by atoms with van der Waals surface area (Å²) in [6.07, 6.45) is -4.70. The van der Waals surface area contributed by atoms with Gasteiger partial charge in [-0.2, -0.15) is 13.2 Å². The maximum Gasteiger partial charge on any atom is 0.417 e. The monoisotopic (exact) mass is 413 g/mol. The molecule has 11 heteroatoms. The molecule has 2 aromatic rings. The Bertz CT molecular complexity index is 873. The minimum absolute atomic E-state index is 0.0449. The third-order valence-corrected chi connectivity index (χ3v) is 4.27. The SMILES string of the molecule is COC(=O)c1nc(-c2cc(Cl)c(C(F)(F)F)cc2N)c(Cl)c(N)c1Cl. The highest BCUT2D eigenvalue weighted by Crippen LogP contribution is 2.43. The maximum absolute atomic E-state index is 12.9. The van der Waals surface area contributed by atoms with E-state index in [0.717, 1.165) is 13.2 Å². The quantitative estimate of drug-likeness (QED) is 0.550. The van der Waals surface area contributed by atoms with Crippen molar-refractivity contribution >= 4 is 52.1 Å². The minimum Gasteiger partial charge on any atom is -0.464 e. The largest absolute Gasteiger partial charge is 0.464 e. The Hall–Kier alpha value is -1.90. The van der Waals surface area contributed by atoms with Crippen LogP contribution in [0.4, 0.5) is 24.5 Å². The lowest BCUT2D eigenvalue weighted by Crippen LogP contribution is -2.10. The van der Waals surface area contributed by atoms with E-state index < -0.39 is 22.7 Å². The lowest BCUT2D eigenvalue weighted by molar-refractivity contribution is -0.137. The second-order valence-corrected chi connectivity index (χ2v) is 5.92. The Balaban J connectivity index is 2.77. The molecular weight excluding hydrogens is 406 g/mol. The normalized spacial score (nSPS) is 11.5. The molecule has 5 nitrogen and oxygen atoms in total. The third kappa shape index (κ3) is 3.56. The number of nitrogens with zero attached hydrogens (tertiary/aromatic N) is 1. The van der Waals surface area contributed by atoms with Crippen LogP contribution < -0.4 is 11.5 Å². The van der Waals surface area contributed by atoms with Gasteiger partial charge in [0.05, 0.1) is 39.1 Å². The standard InChI is InChI=1S/C14H9Cl3F3N3O2/c1-25-13(24)12-9(17)10(22)8(16)11(23-12)4-2-6(15)5(3-7(4)21)14(18,19)20/h2-3H,21H2,1H3,(H2,22,23). The van der Waals surface area contributed by atoms with Crippen LogP contribution in [0.15, 0.2) is 12.1 Å². The Morgan fingerprint density at radius 3 is 2.28 bits per heavy atom. The van der Waals surface area contributed by atoms with Crippen LogP contribution in [-0.4, -0.2) is 18.1 Å². The number of methoxy groups -OCH3 is 1. The highest BCUT2D eigenvalue weighted by Gasteiger charge is 2.34. The molecule has 1 heterocycles. The van der Waals surface area contributed by atoms with E-state index in [1.54, 1.807) is 0 Å². The Morgan fingerprint density at radius 2 is 1.76 bits per heavy atom. The van der Waals surface area contributed by atoms with E-state index in [9.17, 15) is 18.0 Å². The van der Waals surface area contributed by atoms with Crippen molar-refractivity contribution in [2.75, 3.05) is 18.6 Å². The summed E-state index contributed by atoms with van der Waals surface area (Å²) in [6.45, 7) is 0. The number of carbonyl (C=O) groups is 1. The molecule has 0 aliphatic heterocycles. The third-order valence-electron chi connectivity index (χ3n) is 3.19. The molecule has 4 N–H and O–H groups in total. The molecule has 2 rings (SSSR count). The molecule has 1 aromatic heterocycles. The van der Waals surface area contributed by atoms with Gasteiger partial charge in [0.25, 0.3) is 0 Å². The molecule has 0 spiro atoms. The highest BCUT2D eigenvalue weighted by molar-refractivity contribution is 6.42. The van der Waals surface area contributed by atoms with Crippen LogP contribution in [-0.2, 0) is 10.9 Å². The van der Waals surface area contributed by atoms with E-state index in [2.05, 4.69) is 9.72 Å². The average Bonchev–Trinajstić information content (AvgIpc) is 2.53. The van der Waals surface area contributed by atoms with Gasteiger partial charge in [-0.1, -0.05) is 34.8 Å². The van der Waals surface area contributed by atoms with Crippen molar-refractivity contribution in [1.82, 2.24) is 4.98 Å². The number of hydrogen-bond donors (Lipinski definition) is 2. The second-order valence-electron chi connectivity index (χ2n) is 4.76. The molecule has 0 saturated carbocycles. The maximum atomic E-state index is 12.9. The van der Waals surface area contributed by atoms with Crippen molar-refractivity contribution in [2.45, 2.75) is 6.18 Å². The number of carbonyl (C=O) groups excluding carboxylic acids is 1. The number of anilines is 2. The zero-order valence-corrected chi connectivity index (χ0v) is 14.6. The van der Waals surface area contributed by atoms with Crippen LogP contribution in [0.5, 0.6) is 0 Å². The first-order valence-corrected chi connectivity index (χ1v) is 7.51. The fourth-order valence-electron chi connectivity index (χ4n) is 1.98. The van der Waals surface area contributed by atoms with Crippen LogP contribution in [0.2, 0.25) is 15.1 Å². The predicted molar refractivity (Wildman–Crippen MR) is 89.9 cm³/mol. The number of benzene rings is 1. The number of esters is 1. The van der Waals surface area contributed by atoms with Gasteiger partial charge in [-0.05, 0) is 12.1 Å². The van der Waals surface area contributed by atoms with Crippen molar-refractivity contribution in [2.24, 2.45) is 0 Å². The second kappa shape index (κ2) is 6.78. The first kappa shape index (κ1) is 19.4. The number of nitrogens with two attached hydrogens (primary N) is 2. The molecule has 25 heavy (non-hydrogen) atoms. The van der Waals surface area contributed by atoms with Gasteiger partial charge < -0.3 is 16.2 Å². The Morgan fingerprint density at radius 1 is 1.16 bits per heavy atom. The van der Waals surface area contributed by atoms with Gasteiger partial charge in [0, 0.05) is 11.3 Å². The molecule has 0 aliphatic rings. The fourth-order valence-corrected chi connectivity index (χ4v) is 2.76. The highest BCUT2D eigenvalue weighted by atomic mass is 35.5. The number of hydrogen-bond acceptors (Lipinski definition) is 5. The zero-order valence-electron chi connectivity index (χ0n) is 12.3. The summed E-state index contributed by atoms with van der Waals surface area (Å²) in [7, 11) is 1.09. The van der Waals surface area contributed by atoms with E-state index in [-0.39, 0.29) is 38.4 Å². The molecule has 0 fully saturated rings. The van der Waals surface area contributed by atoms with Gasteiger partial charge in [0.1, 0.15) is 0 Å². The number of alkyl halides is 3. The summed E-state index contributed by atoms with van der Waals surface area (Å²) >= 11 is 17.7. The molecule has 0 unspecified atom stereocenters. The molecule has 0 amide bonds. The Kier molecular flexibility index (Phi) is 5.27. The fraction of sp³-hybridized carbons (Fsp3) is 0.143. The van der Waals surface area contributed by atoms with Crippen LogP contribution in [0.25, 0.3) is 11.3 Å². The molecule has 0 radical (unpaired) electrons. The average molecular weight is 415 g/mol. The number of rotatable bonds is 2. The van der Waals surface area contributed by atoms with Crippen LogP contribution >= 0.6 is 34.8 Å². The molecule has 1 aromatic carbocycles. The van der Waals surface area contributed by atoms with Crippen LogP contribution in [0.1, 0.15) is 16.1 Å².